The third-order valence-electron chi connectivity index (χ3n) is 1.64. The van der Waals surface area contributed by atoms with Gasteiger partial charge in [-0.25, -0.2) is 0 Å². The van der Waals surface area contributed by atoms with Gasteiger partial charge in [0.15, 0.2) is 6.29 Å². The van der Waals surface area contributed by atoms with E-state index in [0.717, 1.165) is 16.3 Å². The second kappa shape index (κ2) is 4.33. The molecular formula is C10H9BrO2. The summed E-state index contributed by atoms with van der Waals surface area (Å²) in [5.74, 6) is 0.0965. The number of hydrogen-bond donors (Lipinski definition) is 0. The van der Waals surface area contributed by atoms with Gasteiger partial charge in [-0.2, -0.15) is 0 Å². The van der Waals surface area contributed by atoms with Crippen LogP contribution in [0, 0.1) is 0 Å². The first-order chi connectivity index (χ1) is 6.13. The smallest absolute Gasteiger partial charge is 0.151 e. The number of carbonyl (C=O) groups excluding carboxylic acids is 2. The Labute approximate surface area is 85.1 Å². The van der Waals surface area contributed by atoms with Crippen LogP contribution in [0.5, 0.6) is 0 Å². The first-order valence-corrected chi connectivity index (χ1v) is 4.66. The summed E-state index contributed by atoms with van der Waals surface area (Å²) in [5, 5.41) is 0. The van der Waals surface area contributed by atoms with Gasteiger partial charge in [-0.05, 0) is 24.6 Å². The van der Waals surface area contributed by atoms with Crippen molar-refractivity contribution in [1.29, 1.82) is 0 Å². The number of ketones is 1. The highest BCUT2D eigenvalue weighted by molar-refractivity contribution is 9.10. The summed E-state index contributed by atoms with van der Waals surface area (Å²) in [4.78, 5) is 21.3. The Morgan fingerprint density at radius 1 is 1.54 bits per heavy atom. The molecule has 1 aromatic carbocycles. The summed E-state index contributed by atoms with van der Waals surface area (Å²) in [7, 11) is 0. The molecule has 0 amide bonds. The fourth-order valence-corrected chi connectivity index (χ4v) is 1.42. The average Bonchev–Trinajstić information content (AvgIpc) is 2.07. The van der Waals surface area contributed by atoms with E-state index >= 15 is 0 Å². The van der Waals surface area contributed by atoms with Gasteiger partial charge in [-0.1, -0.05) is 22.0 Å². The summed E-state index contributed by atoms with van der Waals surface area (Å²) < 4.78 is 0.759. The van der Waals surface area contributed by atoms with Crippen LogP contribution in [0.15, 0.2) is 22.7 Å². The Balaban J connectivity index is 2.99. The number of aldehydes is 1. The molecule has 0 saturated carbocycles. The third kappa shape index (κ3) is 2.77. The van der Waals surface area contributed by atoms with Crippen LogP contribution in [0.1, 0.15) is 22.8 Å². The molecule has 3 heteroatoms. The van der Waals surface area contributed by atoms with Crippen molar-refractivity contribution in [1.82, 2.24) is 0 Å². The van der Waals surface area contributed by atoms with E-state index in [9.17, 15) is 9.59 Å². The van der Waals surface area contributed by atoms with Gasteiger partial charge in [-0.15, -0.1) is 0 Å². The van der Waals surface area contributed by atoms with E-state index in [4.69, 9.17) is 0 Å². The molecule has 13 heavy (non-hydrogen) atoms. The Morgan fingerprint density at radius 3 is 2.77 bits per heavy atom. The number of carbonyl (C=O) groups is 2. The summed E-state index contributed by atoms with van der Waals surface area (Å²) >= 11 is 3.24. The van der Waals surface area contributed by atoms with Crippen LogP contribution < -0.4 is 0 Å². The number of halogens is 1. The number of rotatable bonds is 3. The SMILES string of the molecule is CC(=O)Cc1ccc(Br)c(C=O)c1. The first kappa shape index (κ1) is 10.1. The van der Waals surface area contributed by atoms with Crippen LogP contribution in [0.2, 0.25) is 0 Å². The highest BCUT2D eigenvalue weighted by atomic mass is 79.9. The molecule has 0 bridgehead atoms. The van der Waals surface area contributed by atoms with Crippen molar-refractivity contribution in [2.45, 2.75) is 13.3 Å². The maximum atomic E-state index is 10.8. The molecule has 0 aliphatic rings. The number of hydrogen-bond acceptors (Lipinski definition) is 2. The predicted molar refractivity (Wildman–Crippen MR) is 53.9 cm³/mol. The predicted octanol–water partition coefficient (Wildman–Crippen LogP) is 2.39. The minimum absolute atomic E-state index is 0.0965. The van der Waals surface area contributed by atoms with Gasteiger partial charge >= 0.3 is 0 Å². The lowest BCUT2D eigenvalue weighted by molar-refractivity contribution is -0.116. The molecule has 1 aromatic rings. The molecule has 0 aromatic heterocycles. The van der Waals surface area contributed by atoms with Gasteiger partial charge in [0.2, 0.25) is 0 Å². The molecule has 0 aliphatic carbocycles. The second-order valence-electron chi connectivity index (χ2n) is 2.85. The summed E-state index contributed by atoms with van der Waals surface area (Å²) in [6, 6.07) is 5.33. The monoisotopic (exact) mass is 240 g/mol. The van der Waals surface area contributed by atoms with Crippen LogP contribution in [0.3, 0.4) is 0 Å². The van der Waals surface area contributed by atoms with Gasteiger partial charge in [0, 0.05) is 16.5 Å². The highest BCUT2D eigenvalue weighted by Gasteiger charge is 2.02. The fourth-order valence-electron chi connectivity index (χ4n) is 1.08. The summed E-state index contributed by atoms with van der Waals surface area (Å²) in [5.41, 5.74) is 1.46. The largest absolute Gasteiger partial charge is 0.300 e. The zero-order chi connectivity index (χ0) is 9.84. The highest BCUT2D eigenvalue weighted by Crippen LogP contribution is 2.16. The normalized spacial score (nSPS) is 9.69. The lowest BCUT2D eigenvalue weighted by Gasteiger charge is -2.00. The minimum atomic E-state index is 0.0965. The zero-order valence-corrected chi connectivity index (χ0v) is 8.80. The number of Topliss-reactive ketones (excluding diaryl/α,β-unsaturated/α-hetero) is 1. The van der Waals surface area contributed by atoms with Gasteiger partial charge < -0.3 is 0 Å². The van der Waals surface area contributed by atoms with Crippen molar-refractivity contribution in [2.75, 3.05) is 0 Å². The lowest BCUT2D eigenvalue weighted by Crippen LogP contribution is -1.97. The van der Waals surface area contributed by atoms with Crippen LogP contribution in [-0.4, -0.2) is 12.1 Å². The molecule has 0 saturated heterocycles. The Kier molecular flexibility index (Phi) is 3.37. The Morgan fingerprint density at radius 2 is 2.23 bits per heavy atom. The molecule has 68 valence electrons. The summed E-state index contributed by atoms with van der Waals surface area (Å²) in [6.45, 7) is 1.53. The van der Waals surface area contributed by atoms with E-state index in [2.05, 4.69) is 15.9 Å². The van der Waals surface area contributed by atoms with Crippen molar-refractivity contribution in [3.8, 4) is 0 Å². The molecule has 0 spiro atoms. The van der Waals surface area contributed by atoms with E-state index in [1.54, 1.807) is 12.1 Å². The molecule has 0 aliphatic heterocycles. The van der Waals surface area contributed by atoms with Gasteiger partial charge in [0.05, 0.1) is 0 Å². The van der Waals surface area contributed by atoms with Gasteiger partial charge in [0.1, 0.15) is 5.78 Å². The van der Waals surface area contributed by atoms with Crippen LogP contribution >= 0.6 is 15.9 Å². The van der Waals surface area contributed by atoms with Crippen LogP contribution in [-0.2, 0) is 11.2 Å². The van der Waals surface area contributed by atoms with E-state index in [1.165, 1.54) is 6.92 Å². The molecule has 0 atom stereocenters. The first-order valence-electron chi connectivity index (χ1n) is 3.86. The number of benzene rings is 1. The van der Waals surface area contributed by atoms with E-state index in [-0.39, 0.29) is 5.78 Å². The van der Waals surface area contributed by atoms with Crippen molar-refractivity contribution in [3.63, 3.8) is 0 Å². The minimum Gasteiger partial charge on any atom is -0.300 e. The molecule has 0 N–H and O–H groups in total. The van der Waals surface area contributed by atoms with Gasteiger partial charge in [0.25, 0.3) is 0 Å². The molecule has 0 fully saturated rings. The average molecular weight is 241 g/mol. The van der Waals surface area contributed by atoms with Crippen molar-refractivity contribution in [2.24, 2.45) is 0 Å². The van der Waals surface area contributed by atoms with E-state index in [1.807, 2.05) is 6.07 Å². The molecule has 0 unspecified atom stereocenters. The molecular weight excluding hydrogens is 232 g/mol. The van der Waals surface area contributed by atoms with Crippen molar-refractivity contribution >= 4 is 28.0 Å². The standard InChI is InChI=1S/C10H9BrO2/c1-7(13)4-8-2-3-10(11)9(5-8)6-12/h2-3,5-6H,4H2,1H3. The molecule has 1 rings (SSSR count). The van der Waals surface area contributed by atoms with Crippen molar-refractivity contribution in [3.05, 3.63) is 33.8 Å². The van der Waals surface area contributed by atoms with Crippen molar-refractivity contribution < 1.29 is 9.59 Å². The zero-order valence-electron chi connectivity index (χ0n) is 7.21. The maximum Gasteiger partial charge on any atom is 0.151 e. The van der Waals surface area contributed by atoms with Gasteiger partial charge in [-0.3, -0.25) is 9.59 Å². The van der Waals surface area contributed by atoms with Crippen LogP contribution in [0.4, 0.5) is 0 Å². The van der Waals surface area contributed by atoms with E-state index in [0.29, 0.717) is 12.0 Å². The third-order valence-corrected chi connectivity index (χ3v) is 2.36. The Hall–Kier alpha value is -0.960. The quantitative estimate of drug-likeness (QED) is 0.761. The maximum absolute atomic E-state index is 10.8. The molecule has 0 heterocycles. The molecule has 2 nitrogen and oxygen atoms in total. The fraction of sp³-hybridized carbons (Fsp3) is 0.200. The summed E-state index contributed by atoms with van der Waals surface area (Å²) in [6.07, 6.45) is 1.15. The van der Waals surface area contributed by atoms with E-state index < -0.39 is 0 Å². The second-order valence-corrected chi connectivity index (χ2v) is 3.71. The Bertz CT molecular complexity index is 345. The topological polar surface area (TPSA) is 34.1 Å². The molecule has 0 radical (unpaired) electrons. The van der Waals surface area contributed by atoms with Crippen LogP contribution in [0.25, 0.3) is 0 Å². The lowest BCUT2D eigenvalue weighted by atomic mass is 10.1.